The van der Waals surface area contributed by atoms with Gasteiger partial charge in [-0.15, -0.1) is 0 Å². The number of amides is 1. The van der Waals surface area contributed by atoms with E-state index in [9.17, 15) is 4.79 Å². The van der Waals surface area contributed by atoms with Crippen molar-refractivity contribution in [2.45, 2.75) is 71.9 Å². The molecule has 23 heavy (non-hydrogen) atoms. The van der Waals surface area contributed by atoms with E-state index in [0.29, 0.717) is 6.10 Å². The van der Waals surface area contributed by atoms with Crippen LogP contribution >= 0.6 is 0 Å². The van der Waals surface area contributed by atoms with Gasteiger partial charge in [-0.1, -0.05) is 44.5 Å². The molecule has 0 aromatic heterocycles. The third-order valence-corrected chi connectivity index (χ3v) is 4.18. The maximum Gasteiger partial charge on any atom is 0.210 e. The Morgan fingerprint density at radius 3 is 2.43 bits per heavy atom. The van der Waals surface area contributed by atoms with Crippen LogP contribution in [0.25, 0.3) is 0 Å². The quantitative estimate of drug-likeness (QED) is 0.699. The highest BCUT2D eigenvalue weighted by atomic mass is 16.5. The van der Waals surface area contributed by atoms with E-state index in [0.717, 1.165) is 26.0 Å². The highest BCUT2D eigenvalue weighted by Crippen LogP contribution is 2.27. The summed E-state index contributed by atoms with van der Waals surface area (Å²) < 4.78 is 5.28. The monoisotopic (exact) mass is 319 g/mol. The zero-order valence-corrected chi connectivity index (χ0v) is 15.3. The van der Waals surface area contributed by atoms with Crippen molar-refractivity contribution in [2.75, 3.05) is 13.2 Å². The molecular weight excluding hydrogens is 286 g/mol. The Balaban J connectivity index is 0.000000223. The smallest absolute Gasteiger partial charge is 0.210 e. The predicted octanol–water partition coefficient (Wildman–Crippen LogP) is 4.75. The Kier molecular flexibility index (Phi) is 9.61. The van der Waals surface area contributed by atoms with E-state index in [2.05, 4.69) is 45.9 Å². The number of fused-ring (bicyclic) bond motifs is 1. The Hall–Kier alpha value is -1.35. The highest BCUT2D eigenvalue weighted by Gasteiger charge is 2.21. The van der Waals surface area contributed by atoms with Gasteiger partial charge >= 0.3 is 0 Å². The summed E-state index contributed by atoms with van der Waals surface area (Å²) in [4.78, 5) is 12.6. The van der Waals surface area contributed by atoms with Crippen LogP contribution in [0.4, 0.5) is 0 Å². The van der Waals surface area contributed by atoms with Crippen molar-refractivity contribution in [3.05, 3.63) is 35.4 Å². The molecule has 1 fully saturated rings. The van der Waals surface area contributed by atoms with Crippen LogP contribution in [0.5, 0.6) is 0 Å². The first-order valence-corrected chi connectivity index (χ1v) is 9.04. The van der Waals surface area contributed by atoms with Crippen LogP contribution in [0.15, 0.2) is 24.3 Å². The van der Waals surface area contributed by atoms with Crippen molar-refractivity contribution >= 4 is 6.41 Å². The lowest BCUT2D eigenvalue weighted by Gasteiger charge is -2.32. The van der Waals surface area contributed by atoms with Crippen LogP contribution in [0.3, 0.4) is 0 Å². The standard InChI is InChI=1S/C11H13NO.C6H12O.C3H8/c1-9-11-5-3-2-4-10(11)6-7-12(9)8-13;1-6-4-2-3-5-7-6;1-3-2/h2-5,8-9H,6-7H2,1H3;6H,2-5H2,1H3;3H2,1-2H3/t9-;6-;/m00./s1. The molecule has 3 rings (SSSR count). The molecule has 0 radical (unpaired) electrons. The predicted molar refractivity (Wildman–Crippen MR) is 96.6 cm³/mol. The van der Waals surface area contributed by atoms with Gasteiger partial charge < -0.3 is 9.64 Å². The van der Waals surface area contributed by atoms with Gasteiger partial charge in [0, 0.05) is 13.2 Å². The van der Waals surface area contributed by atoms with Gasteiger partial charge in [0.1, 0.15) is 0 Å². The van der Waals surface area contributed by atoms with Crippen molar-refractivity contribution in [1.29, 1.82) is 0 Å². The number of benzene rings is 1. The molecule has 3 nitrogen and oxygen atoms in total. The topological polar surface area (TPSA) is 29.5 Å². The van der Waals surface area contributed by atoms with Crippen molar-refractivity contribution in [1.82, 2.24) is 4.90 Å². The molecule has 0 N–H and O–H groups in total. The van der Waals surface area contributed by atoms with E-state index in [1.54, 1.807) is 0 Å². The van der Waals surface area contributed by atoms with Crippen LogP contribution in [-0.4, -0.2) is 30.6 Å². The van der Waals surface area contributed by atoms with Crippen LogP contribution in [0.1, 0.15) is 70.5 Å². The summed E-state index contributed by atoms with van der Waals surface area (Å²) >= 11 is 0. The van der Waals surface area contributed by atoms with E-state index in [-0.39, 0.29) is 6.04 Å². The summed E-state index contributed by atoms with van der Waals surface area (Å²) in [6, 6.07) is 8.58. The zero-order valence-electron chi connectivity index (χ0n) is 15.3. The fraction of sp³-hybridized carbons (Fsp3) is 0.650. The second-order valence-electron chi connectivity index (χ2n) is 6.35. The van der Waals surface area contributed by atoms with Gasteiger partial charge in [-0.2, -0.15) is 0 Å². The second kappa shape index (κ2) is 11.2. The van der Waals surface area contributed by atoms with Crippen LogP contribution < -0.4 is 0 Å². The van der Waals surface area contributed by atoms with E-state index in [1.165, 1.54) is 36.8 Å². The molecule has 2 heterocycles. The Labute approximate surface area is 142 Å². The largest absolute Gasteiger partial charge is 0.379 e. The molecule has 1 saturated heterocycles. The molecule has 0 bridgehead atoms. The molecule has 2 aliphatic rings. The normalized spacial score (nSPS) is 22.7. The summed E-state index contributed by atoms with van der Waals surface area (Å²) in [6.07, 6.45) is 7.61. The molecule has 2 aliphatic heterocycles. The molecular formula is C20H33NO2. The van der Waals surface area contributed by atoms with Gasteiger partial charge in [0.15, 0.2) is 0 Å². The van der Waals surface area contributed by atoms with Crippen LogP contribution in [-0.2, 0) is 16.0 Å². The van der Waals surface area contributed by atoms with Crippen LogP contribution in [0, 0.1) is 0 Å². The van der Waals surface area contributed by atoms with E-state index in [1.807, 2.05) is 11.0 Å². The molecule has 1 amide bonds. The first-order valence-electron chi connectivity index (χ1n) is 9.04. The van der Waals surface area contributed by atoms with Crippen molar-refractivity contribution < 1.29 is 9.53 Å². The Morgan fingerprint density at radius 2 is 1.91 bits per heavy atom. The molecule has 0 saturated carbocycles. The SMILES string of the molecule is CCC.C[C@H]1CCCCO1.C[C@H]1c2ccccc2CCN1C=O. The zero-order chi connectivity index (χ0) is 17.1. The van der Waals surface area contributed by atoms with Gasteiger partial charge in [-0.3, -0.25) is 4.79 Å². The minimum atomic E-state index is 0.238. The minimum absolute atomic E-state index is 0.238. The fourth-order valence-corrected chi connectivity index (χ4v) is 2.84. The maximum atomic E-state index is 10.7. The van der Waals surface area contributed by atoms with E-state index in [4.69, 9.17) is 4.74 Å². The molecule has 2 atom stereocenters. The number of nitrogens with zero attached hydrogens (tertiary/aromatic N) is 1. The summed E-state index contributed by atoms with van der Waals surface area (Å²) in [6.45, 7) is 10.3. The number of carbonyl (C=O) groups is 1. The number of carbonyl (C=O) groups excluding carboxylic acids is 1. The maximum absolute atomic E-state index is 10.7. The lowest BCUT2D eigenvalue weighted by Crippen LogP contribution is -2.32. The first-order chi connectivity index (χ1) is 11.1. The van der Waals surface area contributed by atoms with Crippen molar-refractivity contribution in [2.24, 2.45) is 0 Å². The average Bonchev–Trinajstić information content (AvgIpc) is 2.58. The third-order valence-electron chi connectivity index (χ3n) is 4.18. The highest BCUT2D eigenvalue weighted by molar-refractivity contribution is 5.50. The summed E-state index contributed by atoms with van der Waals surface area (Å²) in [7, 11) is 0. The molecule has 1 aromatic rings. The number of hydrogen-bond acceptors (Lipinski definition) is 2. The Morgan fingerprint density at radius 1 is 1.22 bits per heavy atom. The number of rotatable bonds is 1. The average molecular weight is 319 g/mol. The molecule has 1 aromatic carbocycles. The van der Waals surface area contributed by atoms with Gasteiger partial charge in [0.2, 0.25) is 6.41 Å². The van der Waals surface area contributed by atoms with Gasteiger partial charge in [0.05, 0.1) is 12.1 Å². The van der Waals surface area contributed by atoms with E-state index < -0.39 is 0 Å². The number of ether oxygens (including phenoxy) is 1. The second-order valence-corrected chi connectivity index (χ2v) is 6.35. The summed E-state index contributed by atoms with van der Waals surface area (Å²) in [5.41, 5.74) is 2.67. The lowest BCUT2D eigenvalue weighted by atomic mass is 9.94. The first kappa shape index (κ1) is 19.7. The summed E-state index contributed by atoms with van der Waals surface area (Å²) in [5, 5.41) is 0. The van der Waals surface area contributed by atoms with E-state index >= 15 is 0 Å². The van der Waals surface area contributed by atoms with Crippen molar-refractivity contribution in [3.8, 4) is 0 Å². The van der Waals surface area contributed by atoms with Crippen molar-refractivity contribution in [3.63, 3.8) is 0 Å². The lowest BCUT2D eigenvalue weighted by molar-refractivity contribution is -0.120. The van der Waals surface area contributed by atoms with Gasteiger partial charge in [-0.05, 0) is 50.7 Å². The molecule has 3 heteroatoms. The number of hydrogen-bond donors (Lipinski definition) is 0. The minimum Gasteiger partial charge on any atom is -0.379 e. The molecule has 0 spiro atoms. The van der Waals surface area contributed by atoms with Gasteiger partial charge in [0.25, 0.3) is 0 Å². The third kappa shape index (κ3) is 6.74. The Bertz CT molecular complexity index is 441. The van der Waals surface area contributed by atoms with Gasteiger partial charge in [-0.25, -0.2) is 0 Å². The fourth-order valence-electron chi connectivity index (χ4n) is 2.84. The van der Waals surface area contributed by atoms with Crippen LogP contribution in [0.2, 0.25) is 0 Å². The summed E-state index contributed by atoms with van der Waals surface area (Å²) in [5.74, 6) is 0. The molecule has 0 unspecified atom stereocenters. The molecule has 0 aliphatic carbocycles. The molecule has 130 valence electrons.